The van der Waals surface area contributed by atoms with Crippen molar-refractivity contribution in [2.75, 3.05) is 19.3 Å². The molecule has 0 saturated carbocycles. The van der Waals surface area contributed by atoms with Crippen LogP contribution < -0.4 is 0 Å². The molecule has 0 aromatic heterocycles. The highest BCUT2D eigenvalue weighted by Gasteiger charge is 2.16. The summed E-state index contributed by atoms with van der Waals surface area (Å²) in [5, 5.41) is 0.836. The molecule has 0 fully saturated rings. The maximum atomic E-state index is 11.5. The summed E-state index contributed by atoms with van der Waals surface area (Å²) in [7, 11) is 1.76. The van der Waals surface area contributed by atoms with Crippen LogP contribution >= 0.6 is 11.8 Å². The van der Waals surface area contributed by atoms with Crippen molar-refractivity contribution >= 4 is 22.8 Å². The first-order valence-corrected chi connectivity index (χ1v) is 5.19. The first kappa shape index (κ1) is 10.3. The fraction of sp³-hybridized carbons (Fsp3) is 0.556. The second-order valence-corrected chi connectivity index (χ2v) is 4.19. The molecule has 0 spiro atoms. The Hall–Kier alpha value is -0.770. The van der Waals surface area contributed by atoms with E-state index in [9.17, 15) is 4.79 Å². The Balaban J connectivity index is 2.61. The minimum atomic E-state index is 0.00755. The SMILES string of the molecule is CC(C)=CC(=O)N(C)C1=NCCS1. The molecule has 1 aliphatic rings. The average molecular weight is 198 g/mol. The van der Waals surface area contributed by atoms with Gasteiger partial charge in [0, 0.05) is 18.9 Å². The molecular weight excluding hydrogens is 184 g/mol. The Kier molecular flexibility index (Phi) is 3.54. The number of thioether (sulfide) groups is 1. The van der Waals surface area contributed by atoms with Crippen LogP contribution in [-0.4, -0.2) is 35.3 Å². The lowest BCUT2D eigenvalue weighted by Crippen LogP contribution is -2.28. The van der Waals surface area contributed by atoms with Crippen LogP contribution in [-0.2, 0) is 4.79 Å². The molecule has 72 valence electrons. The zero-order chi connectivity index (χ0) is 9.84. The first-order valence-electron chi connectivity index (χ1n) is 4.21. The zero-order valence-corrected chi connectivity index (χ0v) is 9.02. The quantitative estimate of drug-likeness (QED) is 0.598. The monoisotopic (exact) mass is 198 g/mol. The molecule has 0 atom stereocenters. The van der Waals surface area contributed by atoms with Gasteiger partial charge in [0.05, 0.1) is 6.54 Å². The van der Waals surface area contributed by atoms with Gasteiger partial charge in [-0.05, 0) is 13.8 Å². The lowest BCUT2D eigenvalue weighted by Gasteiger charge is -2.13. The van der Waals surface area contributed by atoms with Crippen molar-refractivity contribution in [3.63, 3.8) is 0 Å². The molecule has 0 aromatic carbocycles. The molecular formula is C9H14N2OS. The van der Waals surface area contributed by atoms with Crippen molar-refractivity contribution in [1.29, 1.82) is 0 Å². The van der Waals surface area contributed by atoms with Crippen LogP contribution in [0, 0.1) is 0 Å². The Bertz CT molecular complexity index is 267. The third-order valence-electron chi connectivity index (χ3n) is 1.60. The molecule has 0 aliphatic carbocycles. The van der Waals surface area contributed by atoms with E-state index in [1.807, 2.05) is 13.8 Å². The Morgan fingerprint density at radius 1 is 1.62 bits per heavy atom. The van der Waals surface area contributed by atoms with Crippen molar-refractivity contribution in [1.82, 2.24) is 4.90 Å². The van der Waals surface area contributed by atoms with E-state index in [-0.39, 0.29) is 5.91 Å². The summed E-state index contributed by atoms with van der Waals surface area (Å²) in [5.41, 5.74) is 1.01. The standard InChI is InChI=1S/C9H14N2OS/c1-7(2)6-8(12)11(3)9-10-4-5-13-9/h6H,4-5H2,1-3H3. The molecule has 0 N–H and O–H groups in total. The highest BCUT2D eigenvalue weighted by Crippen LogP contribution is 2.14. The van der Waals surface area contributed by atoms with Gasteiger partial charge >= 0.3 is 0 Å². The predicted molar refractivity (Wildman–Crippen MR) is 57.0 cm³/mol. The Morgan fingerprint density at radius 2 is 2.31 bits per heavy atom. The van der Waals surface area contributed by atoms with Gasteiger partial charge in [0.25, 0.3) is 5.91 Å². The second-order valence-electron chi connectivity index (χ2n) is 3.13. The van der Waals surface area contributed by atoms with Crippen LogP contribution in [0.15, 0.2) is 16.6 Å². The van der Waals surface area contributed by atoms with E-state index >= 15 is 0 Å². The van der Waals surface area contributed by atoms with E-state index in [1.165, 1.54) is 0 Å². The molecule has 0 bridgehead atoms. The highest BCUT2D eigenvalue weighted by molar-refractivity contribution is 8.14. The number of likely N-dealkylation sites (N-methyl/N-ethyl adjacent to an activating group) is 1. The van der Waals surface area contributed by atoms with Gasteiger partial charge in [0.2, 0.25) is 0 Å². The summed E-state index contributed by atoms with van der Waals surface area (Å²) >= 11 is 1.63. The second kappa shape index (κ2) is 4.46. The summed E-state index contributed by atoms with van der Waals surface area (Å²) in [5.74, 6) is 0.995. The van der Waals surface area contributed by atoms with Gasteiger partial charge in [0.15, 0.2) is 5.17 Å². The first-order chi connectivity index (χ1) is 6.11. The zero-order valence-electron chi connectivity index (χ0n) is 8.20. The van der Waals surface area contributed by atoms with Crippen LogP contribution in [0.2, 0.25) is 0 Å². The summed E-state index contributed by atoms with van der Waals surface area (Å²) in [4.78, 5) is 17.3. The van der Waals surface area contributed by atoms with Gasteiger partial charge in [0.1, 0.15) is 0 Å². The number of allylic oxidation sites excluding steroid dienone is 1. The smallest absolute Gasteiger partial charge is 0.252 e. The molecule has 4 heteroatoms. The number of amidine groups is 1. The number of amides is 1. The van der Waals surface area contributed by atoms with Crippen molar-refractivity contribution in [3.8, 4) is 0 Å². The van der Waals surface area contributed by atoms with Crippen LogP contribution in [0.5, 0.6) is 0 Å². The summed E-state index contributed by atoms with van der Waals surface area (Å²) in [6.45, 7) is 4.65. The van der Waals surface area contributed by atoms with Crippen molar-refractivity contribution in [2.24, 2.45) is 4.99 Å². The molecule has 0 saturated heterocycles. The number of aliphatic imine (C=N–C) groups is 1. The maximum absolute atomic E-state index is 11.5. The van der Waals surface area contributed by atoms with Crippen molar-refractivity contribution < 1.29 is 4.79 Å². The van der Waals surface area contributed by atoms with Crippen molar-refractivity contribution in [2.45, 2.75) is 13.8 Å². The minimum Gasteiger partial charge on any atom is -0.291 e. The van der Waals surface area contributed by atoms with E-state index < -0.39 is 0 Å². The van der Waals surface area contributed by atoms with Crippen LogP contribution in [0.25, 0.3) is 0 Å². The number of rotatable bonds is 1. The number of nitrogens with zero attached hydrogens (tertiary/aromatic N) is 2. The molecule has 1 amide bonds. The van der Waals surface area contributed by atoms with Gasteiger partial charge in [-0.25, -0.2) is 0 Å². The summed E-state index contributed by atoms with van der Waals surface area (Å²) in [6.07, 6.45) is 1.63. The van der Waals surface area contributed by atoms with Crippen molar-refractivity contribution in [3.05, 3.63) is 11.6 Å². The maximum Gasteiger partial charge on any atom is 0.252 e. The van der Waals surface area contributed by atoms with Crippen LogP contribution in [0.1, 0.15) is 13.8 Å². The minimum absolute atomic E-state index is 0.00755. The lowest BCUT2D eigenvalue weighted by molar-refractivity contribution is -0.121. The predicted octanol–water partition coefficient (Wildman–Crippen LogP) is 1.51. The molecule has 1 heterocycles. The molecule has 1 rings (SSSR count). The van der Waals surface area contributed by atoms with Crippen LogP contribution in [0.4, 0.5) is 0 Å². The van der Waals surface area contributed by atoms with Crippen LogP contribution in [0.3, 0.4) is 0 Å². The number of carbonyl (C=O) groups excluding carboxylic acids is 1. The molecule has 13 heavy (non-hydrogen) atoms. The summed E-state index contributed by atoms with van der Waals surface area (Å²) < 4.78 is 0. The van der Waals surface area contributed by atoms with Gasteiger partial charge in [-0.2, -0.15) is 0 Å². The van der Waals surface area contributed by atoms with E-state index in [0.717, 1.165) is 23.0 Å². The van der Waals surface area contributed by atoms with Gasteiger partial charge < -0.3 is 0 Å². The van der Waals surface area contributed by atoms with E-state index in [1.54, 1.807) is 29.8 Å². The van der Waals surface area contributed by atoms with E-state index in [2.05, 4.69) is 4.99 Å². The van der Waals surface area contributed by atoms with Gasteiger partial charge in [-0.3, -0.25) is 14.7 Å². The van der Waals surface area contributed by atoms with Gasteiger partial charge in [-0.15, -0.1) is 0 Å². The van der Waals surface area contributed by atoms with E-state index in [0.29, 0.717) is 0 Å². The summed E-state index contributed by atoms with van der Waals surface area (Å²) in [6, 6.07) is 0. The Labute approximate surface area is 82.9 Å². The fourth-order valence-electron chi connectivity index (χ4n) is 0.965. The molecule has 0 unspecified atom stereocenters. The molecule has 0 aromatic rings. The fourth-order valence-corrected chi connectivity index (χ4v) is 1.80. The Morgan fingerprint density at radius 3 is 2.77 bits per heavy atom. The van der Waals surface area contributed by atoms with Gasteiger partial charge in [-0.1, -0.05) is 17.3 Å². The molecule has 3 nitrogen and oxygen atoms in total. The average Bonchev–Trinajstić information content (AvgIpc) is 2.53. The molecule has 0 radical (unpaired) electrons. The highest BCUT2D eigenvalue weighted by atomic mass is 32.2. The lowest BCUT2D eigenvalue weighted by atomic mass is 10.3. The number of carbonyl (C=O) groups is 1. The third-order valence-corrected chi connectivity index (χ3v) is 2.65. The number of hydrogen-bond donors (Lipinski definition) is 0. The third kappa shape index (κ3) is 2.88. The topological polar surface area (TPSA) is 32.7 Å². The van der Waals surface area contributed by atoms with E-state index in [4.69, 9.17) is 0 Å². The molecule has 1 aliphatic heterocycles. The largest absolute Gasteiger partial charge is 0.291 e. The number of hydrogen-bond acceptors (Lipinski definition) is 3. The normalized spacial score (nSPS) is 15.2.